The monoisotopic (exact) mass is 443 g/mol. The van der Waals surface area contributed by atoms with Gasteiger partial charge in [-0.05, 0) is 68.2 Å². The molecule has 33 heavy (non-hydrogen) atoms. The normalized spacial score (nSPS) is 23.4. The van der Waals surface area contributed by atoms with Crippen LogP contribution in [0.5, 0.6) is 5.75 Å². The van der Waals surface area contributed by atoms with Crippen molar-refractivity contribution in [2.45, 2.75) is 63.4 Å². The summed E-state index contributed by atoms with van der Waals surface area (Å²) in [6, 6.07) is 16.9. The van der Waals surface area contributed by atoms with Crippen molar-refractivity contribution in [2.24, 2.45) is 0 Å². The Morgan fingerprint density at radius 1 is 0.970 bits per heavy atom. The van der Waals surface area contributed by atoms with Crippen LogP contribution in [0.2, 0.25) is 0 Å². The standard InChI is InChI=1S/C28H29NO4/c1-17-25(28(32)33-22-9-5-6-10-22)26(19-11-13-21(30)14-12-19)27-23(29-17)15-20(16-24(27)31)18-7-3-2-4-8-18/h2-4,7-8,11-14,20,22,26,29-30H,5-6,9-10,15-16H2,1H3/t20-,26-/m0/s1. The Balaban J connectivity index is 1.54. The molecule has 2 aromatic rings. The lowest BCUT2D eigenvalue weighted by Gasteiger charge is -2.37. The highest BCUT2D eigenvalue weighted by molar-refractivity contribution is 6.04. The minimum Gasteiger partial charge on any atom is -0.508 e. The fourth-order valence-electron chi connectivity index (χ4n) is 5.49. The average molecular weight is 444 g/mol. The molecule has 3 aliphatic rings. The highest BCUT2D eigenvalue weighted by Crippen LogP contribution is 2.46. The molecule has 2 N–H and O–H groups in total. The third-order valence-electron chi connectivity index (χ3n) is 7.12. The Labute approximate surface area is 194 Å². The zero-order valence-corrected chi connectivity index (χ0v) is 18.8. The van der Waals surface area contributed by atoms with Crippen LogP contribution >= 0.6 is 0 Å². The lowest BCUT2D eigenvalue weighted by Crippen LogP contribution is -2.36. The number of carbonyl (C=O) groups excluding carboxylic acids is 2. The van der Waals surface area contributed by atoms with Crippen molar-refractivity contribution in [3.05, 3.63) is 88.3 Å². The molecule has 0 aromatic heterocycles. The first kappa shape index (κ1) is 21.5. The van der Waals surface area contributed by atoms with Crippen molar-refractivity contribution in [1.82, 2.24) is 5.32 Å². The Morgan fingerprint density at radius 2 is 1.67 bits per heavy atom. The summed E-state index contributed by atoms with van der Waals surface area (Å²) >= 11 is 0. The molecule has 1 aliphatic heterocycles. The number of nitrogens with one attached hydrogen (secondary N) is 1. The summed E-state index contributed by atoms with van der Waals surface area (Å²) in [5.41, 5.74) is 4.72. The van der Waals surface area contributed by atoms with E-state index in [2.05, 4.69) is 17.4 Å². The predicted molar refractivity (Wildman–Crippen MR) is 125 cm³/mol. The number of phenols is 1. The quantitative estimate of drug-likeness (QED) is 0.632. The fraction of sp³-hybridized carbons (Fsp3) is 0.357. The van der Waals surface area contributed by atoms with Crippen LogP contribution < -0.4 is 5.32 Å². The minimum absolute atomic E-state index is 0.0503. The Kier molecular flexibility index (Phi) is 5.79. The lowest BCUT2D eigenvalue weighted by molar-refractivity contribution is -0.144. The molecule has 5 nitrogen and oxygen atoms in total. The molecule has 0 unspecified atom stereocenters. The van der Waals surface area contributed by atoms with Crippen molar-refractivity contribution in [3.8, 4) is 5.75 Å². The number of phenolic OH excluding ortho intramolecular Hbond substituents is 1. The van der Waals surface area contributed by atoms with Gasteiger partial charge >= 0.3 is 5.97 Å². The molecule has 2 aliphatic carbocycles. The van der Waals surface area contributed by atoms with Crippen LogP contribution in [-0.2, 0) is 14.3 Å². The number of carbonyl (C=O) groups is 2. The average Bonchev–Trinajstić information content (AvgIpc) is 3.32. The molecule has 1 heterocycles. The predicted octanol–water partition coefficient (Wildman–Crippen LogP) is 5.24. The Bertz CT molecular complexity index is 1120. The van der Waals surface area contributed by atoms with Crippen LogP contribution in [0.15, 0.2) is 77.1 Å². The van der Waals surface area contributed by atoms with E-state index in [1.165, 1.54) is 0 Å². The molecule has 0 spiro atoms. The number of aromatic hydroxyl groups is 1. The lowest BCUT2D eigenvalue weighted by atomic mass is 9.71. The number of esters is 1. The Hall–Kier alpha value is -3.34. The van der Waals surface area contributed by atoms with E-state index in [-0.39, 0.29) is 29.5 Å². The van der Waals surface area contributed by atoms with Crippen molar-refractivity contribution in [3.63, 3.8) is 0 Å². The van der Waals surface area contributed by atoms with E-state index in [1.807, 2.05) is 25.1 Å². The smallest absolute Gasteiger partial charge is 0.337 e. The number of rotatable bonds is 4. The topological polar surface area (TPSA) is 75.6 Å². The van der Waals surface area contributed by atoms with E-state index in [9.17, 15) is 14.7 Å². The number of Topliss-reactive ketones (excluding diaryl/α,β-unsaturated/α-hetero) is 1. The van der Waals surface area contributed by atoms with Gasteiger partial charge < -0.3 is 15.2 Å². The van der Waals surface area contributed by atoms with Crippen LogP contribution in [0.1, 0.15) is 68.4 Å². The van der Waals surface area contributed by atoms with Gasteiger partial charge in [-0.25, -0.2) is 4.79 Å². The number of ketones is 1. The molecule has 5 rings (SSSR count). The second kappa shape index (κ2) is 8.89. The van der Waals surface area contributed by atoms with Crippen LogP contribution in [0, 0.1) is 0 Å². The first-order chi connectivity index (χ1) is 16.0. The maximum Gasteiger partial charge on any atom is 0.337 e. The molecule has 0 amide bonds. The number of dihydropyridines is 1. The maximum atomic E-state index is 13.6. The van der Waals surface area contributed by atoms with E-state index in [1.54, 1.807) is 24.3 Å². The van der Waals surface area contributed by atoms with Gasteiger partial charge in [0.15, 0.2) is 5.78 Å². The zero-order valence-electron chi connectivity index (χ0n) is 18.8. The van der Waals surface area contributed by atoms with Gasteiger partial charge in [-0.1, -0.05) is 42.5 Å². The van der Waals surface area contributed by atoms with Crippen LogP contribution in [0.3, 0.4) is 0 Å². The van der Waals surface area contributed by atoms with Gasteiger partial charge in [0.05, 0.1) is 5.57 Å². The molecule has 1 fully saturated rings. The van der Waals surface area contributed by atoms with Gasteiger partial charge in [-0.3, -0.25) is 4.79 Å². The van der Waals surface area contributed by atoms with Crippen molar-refractivity contribution in [2.75, 3.05) is 0 Å². The summed E-state index contributed by atoms with van der Waals surface area (Å²) in [6.07, 6.45) is 4.99. The molecular formula is C28H29NO4. The number of hydrogen-bond donors (Lipinski definition) is 2. The van der Waals surface area contributed by atoms with Crippen LogP contribution in [-0.4, -0.2) is 23.0 Å². The molecule has 0 radical (unpaired) electrons. The fourth-order valence-corrected chi connectivity index (χ4v) is 5.49. The molecular weight excluding hydrogens is 414 g/mol. The third-order valence-corrected chi connectivity index (χ3v) is 7.12. The molecule has 0 bridgehead atoms. The first-order valence-corrected chi connectivity index (χ1v) is 11.8. The second-order valence-corrected chi connectivity index (χ2v) is 9.33. The van der Waals surface area contributed by atoms with E-state index in [4.69, 9.17) is 4.74 Å². The summed E-state index contributed by atoms with van der Waals surface area (Å²) in [4.78, 5) is 26.9. The van der Waals surface area contributed by atoms with Gasteiger partial charge in [0.25, 0.3) is 0 Å². The molecule has 0 saturated heterocycles. The molecule has 5 heteroatoms. The summed E-state index contributed by atoms with van der Waals surface area (Å²) in [5, 5.41) is 13.2. The van der Waals surface area contributed by atoms with E-state index in [0.717, 1.165) is 48.2 Å². The van der Waals surface area contributed by atoms with Gasteiger partial charge in [-0.15, -0.1) is 0 Å². The molecule has 2 atom stereocenters. The number of benzene rings is 2. The molecule has 1 saturated carbocycles. The van der Waals surface area contributed by atoms with Gasteiger partial charge in [0.2, 0.25) is 0 Å². The van der Waals surface area contributed by atoms with Gasteiger partial charge in [-0.2, -0.15) is 0 Å². The molecule has 2 aromatic carbocycles. The highest BCUT2D eigenvalue weighted by atomic mass is 16.5. The summed E-state index contributed by atoms with van der Waals surface area (Å²) in [7, 11) is 0. The second-order valence-electron chi connectivity index (χ2n) is 9.33. The number of hydrogen-bond acceptors (Lipinski definition) is 5. The van der Waals surface area contributed by atoms with Crippen LogP contribution in [0.4, 0.5) is 0 Å². The van der Waals surface area contributed by atoms with Gasteiger partial charge in [0, 0.05) is 29.3 Å². The maximum absolute atomic E-state index is 13.6. The summed E-state index contributed by atoms with van der Waals surface area (Å²) in [6.45, 7) is 1.89. The summed E-state index contributed by atoms with van der Waals surface area (Å²) in [5.74, 6) is -0.550. The van der Waals surface area contributed by atoms with E-state index < -0.39 is 5.92 Å². The van der Waals surface area contributed by atoms with Crippen molar-refractivity contribution >= 4 is 11.8 Å². The van der Waals surface area contributed by atoms with Crippen molar-refractivity contribution < 1.29 is 19.4 Å². The molecule has 170 valence electrons. The van der Waals surface area contributed by atoms with Crippen LogP contribution in [0.25, 0.3) is 0 Å². The highest BCUT2D eigenvalue weighted by Gasteiger charge is 2.42. The first-order valence-electron chi connectivity index (χ1n) is 11.8. The SMILES string of the molecule is CC1=C(C(=O)OC2CCCC2)[C@H](c2ccc(O)cc2)C2=C(C[C@H](c3ccccc3)CC2=O)N1. The number of ether oxygens (including phenoxy) is 1. The van der Waals surface area contributed by atoms with Crippen molar-refractivity contribution in [1.29, 1.82) is 0 Å². The Morgan fingerprint density at radius 3 is 2.36 bits per heavy atom. The van der Waals surface area contributed by atoms with E-state index in [0.29, 0.717) is 24.0 Å². The summed E-state index contributed by atoms with van der Waals surface area (Å²) < 4.78 is 5.88. The minimum atomic E-state index is -0.500. The third kappa shape index (κ3) is 4.20. The van der Waals surface area contributed by atoms with E-state index >= 15 is 0 Å². The zero-order chi connectivity index (χ0) is 22.9. The van der Waals surface area contributed by atoms with Gasteiger partial charge in [0.1, 0.15) is 11.9 Å². The largest absolute Gasteiger partial charge is 0.508 e. The number of allylic oxidation sites excluding steroid dienone is 3.